The van der Waals surface area contributed by atoms with Crippen molar-refractivity contribution >= 4 is 21.6 Å². The van der Waals surface area contributed by atoms with Gasteiger partial charge in [0, 0.05) is 12.5 Å². The van der Waals surface area contributed by atoms with Crippen LogP contribution in [0.4, 0.5) is 0 Å². The first-order valence-electron chi connectivity index (χ1n) is 5.43. The van der Waals surface area contributed by atoms with Gasteiger partial charge in [0.1, 0.15) is 0 Å². The molecule has 15 heavy (non-hydrogen) atoms. The number of nitrogens with two attached hydrogens (primary N) is 1. The summed E-state index contributed by atoms with van der Waals surface area (Å²) in [5, 5.41) is 1.19. The Balaban J connectivity index is 1.84. The fourth-order valence-electron chi connectivity index (χ4n) is 1.90. The van der Waals surface area contributed by atoms with Gasteiger partial charge in [-0.05, 0) is 30.9 Å². The van der Waals surface area contributed by atoms with Crippen molar-refractivity contribution in [1.82, 2.24) is 4.98 Å². The molecular weight excluding hydrogens is 204 g/mol. The monoisotopic (exact) mass is 218 g/mol. The van der Waals surface area contributed by atoms with Crippen molar-refractivity contribution in [3.05, 3.63) is 29.3 Å². The number of thiazole rings is 1. The first-order valence-corrected chi connectivity index (χ1v) is 6.24. The van der Waals surface area contributed by atoms with Gasteiger partial charge in [-0.1, -0.05) is 12.1 Å². The third kappa shape index (κ3) is 1.90. The largest absolute Gasteiger partial charge is 0.327 e. The highest BCUT2D eigenvalue weighted by atomic mass is 32.1. The fourth-order valence-corrected chi connectivity index (χ4v) is 2.94. The number of rotatable bonds is 3. The minimum absolute atomic E-state index is 0.325. The molecule has 1 aliphatic rings. The molecule has 78 valence electrons. The molecule has 1 unspecified atom stereocenters. The predicted molar refractivity (Wildman–Crippen MR) is 64.0 cm³/mol. The van der Waals surface area contributed by atoms with E-state index in [2.05, 4.69) is 23.2 Å². The molecule has 2 nitrogen and oxygen atoms in total. The Morgan fingerprint density at radius 2 is 2.20 bits per heavy atom. The van der Waals surface area contributed by atoms with Crippen LogP contribution in [0.15, 0.2) is 24.3 Å². The van der Waals surface area contributed by atoms with Gasteiger partial charge in [-0.25, -0.2) is 4.98 Å². The highest BCUT2D eigenvalue weighted by Crippen LogP contribution is 2.33. The number of fused-ring (bicyclic) bond motifs is 1. The summed E-state index contributed by atoms with van der Waals surface area (Å²) in [6.07, 6.45) is 3.57. The van der Waals surface area contributed by atoms with Gasteiger partial charge in [-0.15, -0.1) is 11.3 Å². The van der Waals surface area contributed by atoms with Crippen LogP contribution in [0.5, 0.6) is 0 Å². The molecule has 1 aromatic carbocycles. The van der Waals surface area contributed by atoms with Crippen LogP contribution in [0.25, 0.3) is 10.2 Å². The maximum absolute atomic E-state index is 6.10. The average molecular weight is 218 g/mol. The zero-order valence-corrected chi connectivity index (χ0v) is 9.33. The molecule has 3 rings (SSSR count). The minimum Gasteiger partial charge on any atom is -0.327 e. The van der Waals surface area contributed by atoms with Crippen molar-refractivity contribution in [2.24, 2.45) is 11.7 Å². The van der Waals surface area contributed by atoms with Crippen molar-refractivity contribution in [2.75, 3.05) is 0 Å². The standard InChI is InChI=1S/C12H14N2S/c13-9(8-5-6-8)7-12-14-10-3-1-2-4-11(10)15-12/h1-4,8-9H,5-7,13H2. The van der Waals surface area contributed by atoms with E-state index in [9.17, 15) is 0 Å². The third-order valence-corrected chi connectivity index (χ3v) is 4.03. The highest BCUT2D eigenvalue weighted by Gasteiger charge is 2.28. The summed E-state index contributed by atoms with van der Waals surface area (Å²) >= 11 is 1.78. The summed E-state index contributed by atoms with van der Waals surface area (Å²) in [6.45, 7) is 0. The summed E-state index contributed by atoms with van der Waals surface area (Å²) in [5.41, 5.74) is 7.21. The van der Waals surface area contributed by atoms with Crippen molar-refractivity contribution < 1.29 is 0 Å². The molecule has 1 aromatic heterocycles. The molecule has 1 saturated carbocycles. The third-order valence-electron chi connectivity index (χ3n) is 2.98. The van der Waals surface area contributed by atoms with Crippen LogP contribution in [0.2, 0.25) is 0 Å². The Bertz CT molecular complexity index is 440. The van der Waals surface area contributed by atoms with Gasteiger partial charge in [-0.3, -0.25) is 0 Å². The van der Waals surface area contributed by atoms with Crippen LogP contribution < -0.4 is 5.73 Å². The topological polar surface area (TPSA) is 38.9 Å². The lowest BCUT2D eigenvalue weighted by Gasteiger charge is -2.06. The van der Waals surface area contributed by atoms with Crippen LogP contribution in [0, 0.1) is 5.92 Å². The predicted octanol–water partition coefficient (Wildman–Crippen LogP) is 2.58. The Labute approximate surface area is 93.1 Å². The van der Waals surface area contributed by atoms with Crippen molar-refractivity contribution in [1.29, 1.82) is 0 Å². The van der Waals surface area contributed by atoms with Gasteiger partial charge in [0.2, 0.25) is 0 Å². The number of aromatic nitrogens is 1. The Morgan fingerprint density at radius 3 is 2.93 bits per heavy atom. The molecule has 0 radical (unpaired) electrons. The molecule has 1 heterocycles. The molecule has 1 aliphatic carbocycles. The van der Waals surface area contributed by atoms with E-state index in [4.69, 9.17) is 5.73 Å². The van der Waals surface area contributed by atoms with Crippen LogP contribution in [0.1, 0.15) is 17.8 Å². The lowest BCUT2D eigenvalue weighted by Crippen LogP contribution is -2.24. The lowest BCUT2D eigenvalue weighted by molar-refractivity contribution is 0.590. The molecule has 3 heteroatoms. The number of hydrogen-bond donors (Lipinski definition) is 1. The van der Waals surface area contributed by atoms with E-state index in [0.717, 1.165) is 17.9 Å². The summed E-state index contributed by atoms with van der Waals surface area (Å²) in [4.78, 5) is 4.60. The molecular formula is C12H14N2S. The molecule has 1 fully saturated rings. The van der Waals surface area contributed by atoms with Crippen molar-refractivity contribution in [2.45, 2.75) is 25.3 Å². The van der Waals surface area contributed by atoms with Crippen LogP contribution in [-0.4, -0.2) is 11.0 Å². The van der Waals surface area contributed by atoms with E-state index >= 15 is 0 Å². The smallest absolute Gasteiger partial charge is 0.0954 e. The molecule has 0 aliphatic heterocycles. The van der Waals surface area contributed by atoms with E-state index in [0.29, 0.717) is 6.04 Å². The molecule has 2 aromatic rings. The maximum atomic E-state index is 6.10. The summed E-state index contributed by atoms with van der Waals surface area (Å²) in [7, 11) is 0. The Kier molecular flexibility index (Phi) is 2.22. The molecule has 0 spiro atoms. The maximum Gasteiger partial charge on any atom is 0.0954 e. The van der Waals surface area contributed by atoms with Crippen molar-refractivity contribution in [3.63, 3.8) is 0 Å². The summed E-state index contributed by atoms with van der Waals surface area (Å²) in [5.74, 6) is 0.761. The van der Waals surface area contributed by atoms with Crippen LogP contribution in [-0.2, 0) is 6.42 Å². The van der Waals surface area contributed by atoms with E-state index in [1.165, 1.54) is 22.5 Å². The van der Waals surface area contributed by atoms with Gasteiger partial charge in [0.25, 0.3) is 0 Å². The van der Waals surface area contributed by atoms with Gasteiger partial charge in [-0.2, -0.15) is 0 Å². The lowest BCUT2D eigenvalue weighted by atomic mass is 10.1. The zero-order chi connectivity index (χ0) is 10.3. The van der Waals surface area contributed by atoms with Gasteiger partial charge in [0.15, 0.2) is 0 Å². The number of hydrogen-bond acceptors (Lipinski definition) is 3. The van der Waals surface area contributed by atoms with Crippen molar-refractivity contribution in [3.8, 4) is 0 Å². The number of benzene rings is 1. The van der Waals surface area contributed by atoms with E-state index in [-0.39, 0.29) is 0 Å². The first kappa shape index (κ1) is 9.31. The molecule has 0 saturated heterocycles. The number of para-hydroxylation sites is 1. The first-order chi connectivity index (χ1) is 7.33. The molecule has 0 bridgehead atoms. The Hall–Kier alpha value is -0.930. The molecule has 2 N–H and O–H groups in total. The summed E-state index contributed by atoms with van der Waals surface area (Å²) < 4.78 is 1.27. The van der Waals surface area contributed by atoms with Gasteiger partial charge >= 0.3 is 0 Å². The fraction of sp³-hybridized carbons (Fsp3) is 0.417. The molecule has 1 atom stereocenters. The second-order valence-electron chi connectivity index (χ2n) is 4.28. The zero-order valence-electron chi connectivity index (χ0n) is 8.52. The summed E-state index contributed by atoms with van der Waals surface area (Å²) in [6, 6.07) is 8.61. The SMILES string of the molecule is NC(Cc1nc2ccccc2s1)C1CC1. The molecule has 0 amide bonds. The van der Waals surface area contributed by atoms with Crippen LogP contribution in [0.3, 0.4) is 0 Å². The highest BCUT2D eigenvalue weighted by molar-refractivity contribution is 7.18. The van der Waals surface area contributed by atoms with Gasteiger partial charge in [0.05, 0.1) is 15.2 Å². The van der Waals surface area contributed by atoms with E-state index < -0.39 is 0 Å². The minimum atomic E-state index is 0.325. The van der Waals surface area contributed by atoms with Gasteiger partial charge < -0.3 is 5.73 Å². The normalized spacial score (nSPS) is 18.2. The quantitative estimate of drug-likeness (QED) is 0.860. The second-order valence-corrected chi connectivity index (χ2v) is 5.40. The second kappa shape index (κ2) is 3.58. The van der Waals surface area contributed by atoms with E-state index in [1.54, 1.807) is 11.3 Å². The average Bonchev–Trinajstić information content (AvgIpc) is 2.99. The Morgan fingerprint density at radius 1 is 1.40 bits per heavy atom. The van der Waals surface area contributed by atoms with Crippen LogP contribution >= 0.6 is 11.3 Å². The number of nitrogens with zero attached hydrogens (tertiary/aromatic N) is 1. The van der Waals surface area contributed by atoms with E-state index in [1.807, 2.05) is 6.07 Å².